The van der Waals surface area contributed by atoms with Gasteiger partial charge in [0.25, 0.3) is 5.91 Å². The topological polar surface area (TPSA) is 38.3 Å². The second-order valence-corrected chi connectivity index (χ2v) is 5.48. The first-order valence-corrected chi connectivity index (χ1v) is 4.98. The van der Waals surface area contributed by atoms with Crippen LogP contribution in [-0.2, 0) is 9.53 Å². The summed E-state index contributed by atoms with van der Waals surface area (Å²) in [6, 6.07) is 0. The summed E-state index contributed by atoms with van der Waals surface area (Å²) in [5.41, 5.74) is -0.717. The van der Waals surface area contributed by atoms with Gasteiger partial charge in [0, 0.05) is 0 Å². The van der Waals surface area contributed by atoms with E-state index in [-0.39, 0.29) is 5.91 Å². The smallest absolute Gasteiger partial charge is 0.255 e. The van der Waals surface area contributed by atoms with Crippen LogP contribution in [0.3, 0.4) is 0 Å². The lowest BCUT2D eigenvalue weighted by molar-refractivity contribution is -0.123. The summed E-state index contributed by atoms with van der Waals surface area (Å²) in [6.07, 6.45) is -0.404. The first kappa shape index (κ1) is 11.4. The maximum absolute atomic E-state index is 11.3. The molecule has 1 saturated heterocycles. The molecule has 13 heavy (non-hydrogen) atoms. The van der Waals surface area contributed by atoms with Crippen molar-refractivity contribution in [3.8, 4) is 0 Å². The Morgan fingerprint density at radius 3 is 2.38 bits per heavy atom. The largest absolute Gasteiger partial charge is 0.338 e. The highest BCUT2D eigenvalue weighted by Crippen LogP contribution is 2.37. The summed E-state index contributed by atoms with van der Waals surface area (Å²) in [7, 11) is 0. The molecule has 0 bridgehead atoms. The van der Waals surface area contributed by atoms with E-state index >= 15 is 0 Å². The van der Waals surface area contributed by atoms with Crippen LogP contribution >= 0.6 is 34.8 Å². The number of carbonyl (C=O) groups is 1. The summed E-state index contributed by atoms with van der Waals surface area (Å²) in [6.45, 7) is 3.61. The first-order chi connectivity index (χ1) is 5.78. The quantitative estimate of drug-likeness (QED) is 0.719. The van der Waals surface area contributed by atoms with Gasteiger partial charge in [-0.15, -0.1) is 0 Å². The van der Waals surface area contributed by atoms with Gasteiger partial charge in [-0.1, -0.05) is 41.7 Å². The van der Waals surface area contributed by atoms with Crippen molar-refractivity contribution in [2.45, 2.75) is 35.9 Å². The normalized spacial score (nSPS) is 34.8. The molecule has 0 saturated carbocycles. The van der Waals surface area contributed by atoms with E-state index in [0.717, 1.165) is 0 Å². The predicted molar refractivity (Wildman–Crippen MR) is 52.0 cm³/mol. The fraction of sp³-hybridized carbons (Fsp3) is 0.857. The first-order valence-electron chi connectivity index (χ1n) is 3.85. The standard InChI is InChI=1S/C7H10Cl3NO2/c1-3-6(2)11-5(12)4(13-6)7(8,9)10/h4H,3H2,1-2H3,(H,11,12)/t4-,6-/m1/s1. The number of rotatable bonds is 1. The minimum atomic E-state index is -1.71. The molecule has 6 heteroatoms. The SMILES string of the molecule is CC[C@]1(C)NC(=O)[C@H](C(Cl)(Cl)Cl)O1. The van der Waals surface area contributed by atoms with Crippen molar-refractivity contribution in [2.75, 3.05) is 0 Å². The molecule has 0 aromatic carbocycles. The average Bonchev–Trinajstić information content (AvgIpc) is 2.27. The van der Waals surface area contributed by atoms with Crippen LogP contribution in [-0.4, -0.2) is 21.5 Å². The van der Waals surface area contributed by atoms with Gasteiger partial charge >= 0.3 is 0 Å². The maximum Gasteiger partial charge on any atom is 0.255 e. The molecule has 1 fully saturated rings. The van der Waals surface area contributed by atoms with E-state index in [2.05, 4.69) is 5.32 Å². The molecule has 1 heterocycles. The number of nitrogens with one attached hydrogen (secondary N) is 1. The number of carbonyl (C=O) groups excluding carboxylic acids is 1. The van der Waals surface area contributed by atoms with E-state index < -0.39 is 15.6 Å². The summed E-state index contributed by atoms with van der Waals surface area (Å²) in [5.74, 6) is -0.385. The van der Waals surface area contributed by atoms with Crippen molar-refractivity contribution in [2.24, 2.45) is 0 Å². The fourth-order valence-electron chi connectivity index (χ4n) is 1.06. The van der Waals surface area contributed by atoms with Gasteiger partial charge < -0.3 is 10.1 Å². The van der Waals surface area contributed by atoms with Crippen molar-refractivity contribution in [1.82, 2.24) is 5.32 Å². The Labute approximate surface area is 91.7 Å². The molecule has 76 valence electrons. The van der Waals surface area contributed by atoms with E-state index in [1.807, 2.05) is 6.92 Å². The Morgan fingerprint density at radius 2 is 2.15 bits per heavy atom. The Bertz CT molecular complexity index is 228. The van der Waals surface area contributed by atoms with E-state index in [1.165, 1.54) is 0 Å². The molecule has 0 spiro atoms. The molecule has 0 aromatic heterocycles. The van der Waals surface area contributed by atoms with Gasteiger partial charge in [0.2, 0.25) is 3.79 Å². The van der Waals surface area contributed by atoms with Gasteiger partial charge in [-0.3, -0.25) is 4.79 Å². The fourth-order valence-corrected chi connectivity index (χ4v) is 1.49. The number of alkyl halides is 3. The molecule has 1 aliphatic rings. The molecule has 0 radical (unpaired) electrons. The lowest BCUT2D eigenvalue weighted by Gasteiger charge is -2.23. The van der Waals surface area contributed by atoms with Crippen LogP contribution < -0.4 is 5.32 Å². The van der Waals surface area contributed by atoms with Gasteiger partial charge in [0.15, 0.2) is 6.10 Å². The highest BCUT2D eigenvalue weighted by molar-refractivity contribution is 6.68. The number of amides is 1. The zero-order valence-electron chi connectivity index (χ0n) is 7.23. The number of halogens is 3. The van der Waals surface area contributed by atoms with Crippen LogP contribution in [0.4, 0.5) is 0 Å². The second kappa shape index (κ2) is 3.46. The van der Waals surface area contributed by atoms with E-state index in [4.69, 9.17) is 39.5 Å². The second-order valence-electron chi connectivity index (χ2n) is 3.11. The summed E-state index contributed by atoms with van der Waals surface area (Å²) in [4.78, 5) is 11.3. The molecule has 0 aliphatic carbocycles. The maximum atomic E-state index is 11.3. The molecule has 1 rings (SSSR count). The van der Waals surface area contributed by atoms with E-state index in [0.29, 0.717) is 6.42 Å². The monoisotopic (exact) mass is 245 g/mol. The summed E-state index contributed by atoms with van der Waals surface area (Å²) in [5, 5.41) is 2.62. The molecule has 1 N–H and O–H groups in total. The third kappa shape index (κ3) is 2.40. The van der Waals surface area contributed by atoms with Gasteiger partial charge in [-0.25, -0.2) is 0 Å². The van der Waals surface area contributed by atoms with Gasteiger partial charge in [0.05, 0.1) is 0 Å². The lowest BCUT2D eigenvalue weighted by atomic mass is 10.2. The molecule has 0 unspecified atom stereocenters. The number of ether oxygens (including phenoxy) is 1. The van der Waals surface area contributed by atoms with Gasteiger partial charge in [-0.05, 0) is 13.3 Å². The average molecular weight is 247 g/mol. The molecule has 3 nitrogen and oxygen atoms in total. The predicted octanol–water partition coefficient (Wildman–Crippen LogP) is 2.00. The molecule has 1 aliphatic heterocycles. The Hall–Kier alpha value is 0.300. The summed E-state index contributed by atoms with van der Waals surface area (Å²) >= 11 is 16.7. The zero-order chi connectivity index (χ0) is 10.3. The molecule has 1 amide bonds. The van der Waals surface area contributed by atoms with Crippen molar-refractivity contribution in [1.29, 1.82) is 0 Å². The number of hydrogen-bond acceptors (Lipinski definition) is 2. The lowest BCUT2D eigenvalue weighted by Crippen LogP contribution is -2.38. The van der Waals surface area contributed by atoms with Crippen molar-refractivity contribution in [3.63, 3.8) is 0 Å². The Balaban J connectivity index is 2.79. The van der Waals surface area contributed by atoms with Crippen LogP contribution in [0.25, 0.3) is 0 Å². The van der Waals surface area contributed by atoms with Crippen molar-refractivity contribution >= 4 is 40.7 Å². The van der Waals surface area contributed by atoms with E-state index in [1.54, 1.807) is 6.92 Å². The third-order valence-corrected chi connectivity index (χ3v) is 2.57. The minimum absolute atomic E-state index is 0.385. The molecule has 0 aromatic rings. The molecular weight excluding hydrogens is 236 g/mol. The van der Waals surface area contributed by atoms with Crippen molar-refractivity contribution in [3.05, 3.63) is 0 Å². The van der Waals surface area contributed by atoms with Crippen LogP contribution in [0, 0.1) is 0 Å². The van der Waals surface area contributed by atoms with Crippen LogP contribution in [0.15, 0.2) is 0 Å². The van der Waals surface area contributed by atoms with Crippen LogP contribution in [0.1, 0.15) is 20.3 Å². The zero-order valence-corrected chi connectivity index (χ0v) is 9.50. The van der Waals surface area contributed by atoms with Crippen LogP contribution in [0.2, 0.25) is 0 Å². The van der Waals surface area contributed by atoms with Gasteiger partial charge in [-0.2, -0.15) is 0 Å². The Morgan fingerprint density at radius 1 is 1.62 bits per heavy atom. The molecular formula is C7H10Cl3NO2. The highest BCUT2D eigenvalue weighted by atomic mass is 35.6. The van der Waals surface area contributed by atoms with Gasteiger partial charge in [0.1, 0.15) is 5.72 Å². The van der Waals surface area contributed by atoms with Crippen LogP contribution in [0.5, 0.6) is 0 Å². The summed E-state index contributed by atoms with van der Waals surface area (Å²) < 4.78 is 3.61. The molecule has 2 atom stereocenters. The minimum Gasteiger partial charge on any atom is -0.338 e. The van der Waals surface area contributed by atoms with Crippen molar-refractivity contribution < 1.29 is 9.53 Å². The third-order valence-electron chi connectivity index (χ3n) is 1.98. The number of hydrogen-bond donors (Lipinski definition) is 1. The Kier molecular flexibility index (Phi) is 3.03. The van der Waals surface area contributed by atoms with E-state index in [9.17, 15) is 4.79 Å². The highest BCUT2D eigenvalue weighted by Gasteiger charge is 2.50.